The minimum atomic E-state index is 0.697. The molecule has 0 atom stereocenters. The maximum atomic E-state index is 6.16. The van der Waals surface area contributed by atoms with Gasteiger partial charge in [-0.1, -0.05) is 43.6 Å². The Bertz CT molecular complexity index is 488. The molecule has 0 aliphatic heterocycles. The molecule has 3 heteroatoms. The molecule has 1 heterocycles. The second-order valence-corrected chi connectivity index (χ2v) is 5.06. The predicted molar refractivity (Wildman–Crippen MR) is 72.1 cm³/mol. The summed E-state index contributed by atoms with van der Waals surface area (Å²) < 4.78 is 1.98. The summed E-state index contributed by atoms with van der Waals surface area (Å²) in [4.78, 5) is 0. The van der Waals surface area contributed by atoms with Crippen LogP contribution in [0.1, 0.15) is 20.3 Å². The molecule has 0 bridgehead atoms. The number of rotatable bonds is 4. The van der Waals surface area contributed by atoms with Gasteiger partial charge in [0.1, 0.15) is 0 Å². The van der Waals surface area contributed by atoms with Gasteiger partial charge in [-0.05, 0) is 18.4 Å². The minimum absolute atomic E-state index is 0.697. The molecule has 0 unspecified atom stereocenters. The van der Waals surface area contributed by atoms with Crippen molar-refractivity contribution in [3.05, 3.63) is 41.7 Å². The second kappa shape index (κ2) is 5.37. The molecular weight excluding hydrogens is 232 g/mol. The summed E-state index contributed by atoms with van der Waals surface area (Å²) in [6, 6.07) is 7.86. The van der Waals surface area contributed by atoms with Crippen LogP contribution in [0.4, 0.5) is 0 Å². The molecule has 1 aromatic heterocycles. The van der Waals surface area contributed by atoms with Gasteiger partial charge in [-0.3, -0.25) is 4.68 Å². The van der Waals surface area contributed by atoms with E-state index in [1.54, 1.807) is 0 Å². The van der Waals surface area contributed by atoms with E-state index in [9.17, 15) is 0 Å². The maximum Gasteiger partial charge on any atom is 0.0568 e. The lowest BCUT2D eigenvalue weighted by Crippen LogP contribution is -2.01. The Morgan fingerprint density at radius 1 is 1.29 bits per heavy atom. The van der Waals surface area contributed by atoms with Gasteiger partial charge in [0.15, 0.2) is 0 Å². The molecule has 0 saturated heterocycles. The average molecular weight is 249 g/mol. The molecule has 17 heavy (non-hydrogen) atoms. The van der Waals surface area contributed by atoms with Gasteiger partial charge in [0.2, 0.25) is 0 Å². The lowest BCUT2D eigenvalue weighted by molar-refractivity contribution is 0.487. The first kappa shape index (κ1) is 12.2. The largest absolute Gasteiger partial charge is 0.272 e. The van der Waals surface area contributed by atoms with Crippen LogP contribution in [0.5, 0.6) is 0 Å². The summed E-state index contributed by atoms with van der Waals surface area (Å²) in [7, 11) is 0. The van der Waals surface area contributed by atoms with Crippen molar-refractivity contribution in [2.24, 2.45) is 5.92 Å². The van der Waals surface area contributed by atoms with Gasteiger partial charge in [0.05, 0.1) is 6.20 Å². The third kappa shape index (κ3) is 3.10. The molecule has 1 aromatic carbocycles. The maximum absolute atomic E-state index is 6.16. The fraction of sp³-hybridized carbons (Fsp3) is 0.357. The molecule has 0 aliphatic carbocycles. The Hall–Kier alpha value is -1.28. The van der Waals surface area contributed by atoms with E-state index in [1.165, 1.54) is 0 Å². The number of aryl methyl sites for hydroxylation is 1. The Morgan fingerprint density at radius 3 is 2.76 bits per heavy atom. The highest BCUT2D eigenvalue weighted by Gasteiger charge is 2.05. The van der Waals surface area contributed by atoms with Crippen LogP contribution in [-0.4, -0.2) is 9.78 Å². The number of nitrogens with zero attached hydrogens (tertiary/aromatic N) is 2. The first-order valence-corrected chi connectivity index (χ1v) is 6.32. The first-order valence-electron chi connectivity index (χ1n) is 5.94. The summed E-state index contributed by atoms with van der Waals surface area (Å²) in [6.07, 6.45) is 5.08. The van der Waals surface area contributed by atoms with E-state index < -0.39 is 0 Å². The molecule has 0 aliphatic rings. The van der Waals surface area contributed by atoms with Crippen molar-refractivity contribution >= 4 is 11.6 Å². The molecule has 0 saturated carbocycles. The van der Waals surface area contributed by atoms with E-state index in [1.807, 2.05) is 35.1 Å². The van der Waals surface area contributed by atoms with Gasteiger partial charge in [-0.25, -0.2) is 0 Å². The number of aromatic nitrogens is 2. The lowest BCUT2D eigenvalue weighted by Gasteiger charge is -2.04. The standard InChI is InChI=1S/C14H17ClN2/c1-11(2)7-8-17-10-12(9-16-17)13-5-3-4-6-14(13)15/h3-6,9-11H,7-8H2,1-2H3. The first-order chi connectivity index (χ1) is 8.16. The van der Waals surface area contributed by atoms with Gasteiger partial charge in [-0.2, -0.15) is 5.10 Å². The average Bonchev–Trinajstić information content (AvgIpc) is 2.75. The van der Waals surface area contributed by atoms with E-state index in [0.29, 0.717) is 5.92 Å². The smallest absolute Gasteiger partial charge is 0.0568 e. The summed E-state index contributed by atoms with van der Waals surface area (Å²) in [6.45, 7) is 5.40. The summed E-state index contributed by atoms with van der Waals surface area (Å²) in [5.41, 5.74) is 2.13. The van der Waals surface area contributed by atoms with Gasteiger partial charge >= 0.3 is 0 Å². The summed E-state index contributed by atoms with van der Waals surface area (Å²) in [5.74, 6) is 0.697. The summed E-state index contributed by atoms with van der Waals surface area (Å²) in [5, 5.41) is 5.14. The molecule has 2 nitrogen and oxygen atoms in total. The van der Waals surface area contributed by atoms with Crippen molar-refractivity contribution in [2.45, 2.75) is 26.8 Å². The van der Waals surface area contributed by atoms with Crippen LogP contribution in [0.15, 0.2) is 36.7 Å². The van der Waals surface area contributed by atoms with E-state index in [-0.39, 0.29) is 0 Å². The molecule has 0 fully saturated rings. The number of halogens is 1. The fourth-order valence-electron chi connectivity index (χ4n) is 1.71. The predicted octanol–water partition coefficient (Wildman–Crippen LogP) is 4.25. The molecule has 0 N–H and O–H groups in total. The fourth-order valence-corrected chi connectivity index (χ4v) is 1.96. The van der Waals surface area contributed by atoms with Crippen molar-refractivity contribution in [2.75, 3.05) is 0 Å². The Kier molecular flexibility index (Phi) is 3.85. The lowest BCUT2D eigenvalue weighted by atomic mass is 10.1. The van der Waals surface area contributed by atoms with E-state index >= 15 is 0 Å². The van der Waals surface area contributed by atoms with Gasteiger partial charge in [0, 0.05) is 28.9 Å². The Labute approximate surface area is 107 Å². The van der Waals surface area contributed by atoms with E-state index in [4.69, 9.17) is 11.6 Å². The SMILES string of the molecule is CC(C)CCn1cc(-c2ccccc2Cl)cn1. The second-order valence-electron chi connectivity index (χ2n) is 4.65. The zero-order valence-electron chi connectivity index (χ0n) is 10.2. The third-order valence-electron chi connectivity index (χ3n) is 2.75. The van der Waals surface area contributed by atoms with Crippen molar-refractivity contribution in [3.63, 3.8) is 0 Å². The zero-order chi connectivity index (χ0) is 12.3. The van der Waals surface area contributed by atoms with Crippen molar-refractivity contribution < 1.29 is 0 Å². The third-order valence-corrected chi connectivity index (χ3v) is 3.08. The van der Waals surface area contributed by atoms with Gasteiger partial charge in [0.25, 0.3) is 0 Å². The Morgan fingerprint density at radius 2 is 2.06 bits per heavy atom. The zero-order valence-corrected chi connectivity index (χ0v) is 11.0. The molecule has 0 amide bonds. The van der Waals surface area contributed by atoms with Crippen LogP contribution in [0.2, 0.25) is 5.02 Å². The molecule has 90 valence electrons. The van der Waals surface area contributed by atoms with Crippen molar-refractivity contribution in [1.82, 2.24) is 9.78 Å². The number of hydrogen-bond acceptors (Lipinski definition) is 1. The van der Waals surface area contributed by atoms with E-state index in [2.05, 4.69) is 25.1 Å². The van der Waals surface area contributed by atoms with Crippen LogP contribution in [0, 0.1) is 5.92 Å². The summed E-state index contributed by atoms with van der Waals surface area (Å²) >= 11 is 6.16. The molecule has 0 spiro atoms. The minimum Gasteiger partial charge on any atom is -0.272 e. The molecule has 2 aromatic rings. The van der Waals surface area contributed by atoms with E-state index in [0.717, 1.165) is 29.1 Å². The highest BCUT2D eigenvalue weighted by molar-refractivity contribution is 6.33. The molecule has 2 rings (SSSR count). The molecular formula is C14H17ClN2. The normalized spacial score (nSPS) is 11.1. The topological polar surface area (TPSA) is 17.8 Å². The number of hydrogen-bond donors (Lipinski definition) is 0. The van der Waals surface area contributed by atoms with Gasteiger partial charge in [-0.15, -0.1) is 0 Å². The van der Waals surface area contributed by atoms with Crippen molar-refractivity contribution in [3.8, 4) is 11.1 Å². The van der Waals surface area contributed by atoms with Gasteiger partial charge < -0.3 is 0 Å². The molecule has 0 radical (unpaired) electrons. The monoisotopic (exact) mass is 248 g/mol. The number of benzene rings is 1. The van der Waals surface area contributed by atoms with Crippen LogP contribution >= 0.6 is 11.6 Å². The van der Waals surface area contributed by atoms with Crippen LogP contribution < -0.4 is 0 Å². The Balaban J connectivity index is 2.16. The quantitative estimate of drug-likeness (QED) is 0.791. The van der Waals surface area contributed by atoms with Crippen LogP contribution in [0.25, 0.3) is 11.1 Å². The van der Waals surface area contributed by atoms with Crippen molar-refractivity contribution in [1.29, 1.82) is 0 Å². The highest BCUT2D eigenvalue weighted by atomic mass is 35.5. The van der Waals surface area contributed by atoms with Crippen LogP contribution in [-0.2, 0) is 6.54 Å². The highest BCUT2D eigenvalue weighted by Crippen LogP contribution is 2.26. The van der Waals surface area contributed by atoms with Crippen LogP contribution in [0.3, 0.4) is 0 Å².